The van der Waals surface area contributed by atoms with Crippen LogP contribution in [0.5, 0.6) is 0 Å². The van der Waals surface area contributed by atoms with Crippen LogP contribution < -0.4 is 0 Å². The highest BCUT2D eigenvalue weighted by molar-refractivity contribution is 7.59. The molecule has 104 valence electrons. The fourth-order valence-corrected chi connectivity index (χ4v) is 2.77. The standard InChI is InChI=1S/C12H21O5P/c1-5-9-10-11(12(13)15-6-2)18(14,16-7-3)17-8-4/h5,9-10H,6-8H2,1-4H3/b9-5+,11-10+. The molecule has 0 spiro atoms. The van der Waals surface area contributed by atoms with E-state index in [9.17, 15) is 9.36 Å². The summed E-state index contributed by atoms with van der Waals surface area (Å²) < 4.78 is 27.6. The van der Waals surface area contributed by atoms with Gasteiger partial charge < -0.3 is 13.8 Å². The van der Waals surface area contributed by atoms with Crippen molar-refractivity contribution in [2.75, 3.05) is 19.8 Å². The van der Waals surface area contributed by atoms with Crippen molar-refractivity contribution in [2.45, 2.75) is 27.7 Å². The molecule has 0 rings (SSSR count). The summed E-state index contributed by atoms with van der Waals surface area (Å²) >= 11 is 0. The molecule has 0 aromatic rings. The molecule has 6 heteroatoms. The molecule has 5 nitrogen and oxygen atoms in total. The van der Waals surface area contributed by atoms with Crippen molar-refractivity contribution in [1.82, 2.24) is 0 Å². The zero-order valence-electron chi connectivity index (χ0n) is 11.3. The van der Waals surface area contributed by atoms with Crippen LogP contribution in [0.3, 0.4) is 0 Å². The van der Waals surface area contributed by atoms with Gasteiger partial charge in [-0.2, -0.15) is 0 Å². The van der Waals surface area contributed by atoms with Gasteiger partial charge in [0.25, 0.3) is 0 Å². The van der Waals surface area contributed by atoms with Gasteiger partial charge in [-0.1, -0.05) is 12.2 Å². The number of esters is 1. The Kier molecular flexibility index (Phi) is 8.63. The van der Waals surface area contributed by atoms with E-state index in [1.54, 1.807) is 39.8 Å². The van der Waals surface area contributed by atoms with Gasteiger partial charge in [0.1, 0.15) is 5.31 Å². The highest BCUT2D eigenvalue weighted by Crippen LogP contribution is 2.56. The summed E-state index contributed by atoms with van der Waals surface area (Å²) in [4.78, 5) is 11.8. The number of rotatable bonds is 8. The van der Waals surface area contributed by atoms with Crippen LogP contribution in [0.4, 0.5) is 0 Å². The number of hydrogen-bond acceptors (Lipinski definition) is 5. The van der Waals surface area contributed by atoms with Gasteiger partial charge in [0.2, 0.25) is 0 Å². The van der Waals surface area contributed by atoms with E-state index in [0.717, 1.165) is 0 Å². The van der Waals surface area contributed by atoms with Crippen molar-refractivity contribution in [3.8, 4) is 0 Å². The highest BCUT2D eigenvalue weighted by Gasteiger charge is 2.35. The predicted molar refractivity (Wildman–Crippen MR) is 70.4 cm³/mol. The lowest BCUT2D eigenvalue weighted by atomic mass is 10.4. The van der Waals surface area contributed by atoms with E-state index < -0.39 is 13.6 Å². The molecule has 0 N–H and O–H groups in total. The van der Waals surface area contributed by atoms with Crippen molar-refractivity contribution in [3.63, 3.8) is 0 Å². The maximum Gasteiger partial charge on any atom is 0.368 e. The van der Waals surface area contributed by atoms with Gasteiger partial charge in [0, 0.05) is 0 Å². The Hall–Kier alpha value is -0.900. The molecule has 18 heavy (non-hydrogen) atoms. The van der Waals surface area contributed by atoms with E-state index in [-0.39, 0.29) is 25.1 Å². The Morgan fingerprint density at radius 2 is 1.67 bits per heavy atom. The van der Waals surface area contributed by atoms with E-state index in [2.05, 4.69) is 0 Å². The summed E-state index contributed by atoms with van der Waals surface area (Å²) in [5.41, 5.74) is 0. The lowest BCUT2D eigenvalue weighted by Crippen LogP contribution is -2.11. The Morgan fingerprint density at radius 1 is 1.11 bits per heavy atom. The number of carbonyl (C=O) groups is 1. The average molecular weight is 276 g/mol. The fourth-order valence-electron chi connectivity index (χ4n) is 1.18. The van der Waals surface area contributed by atoms with Crippen molar-refractivity contribution in [3.05, 3.63) is 23.5 Å². The minimum absolute atomic E-state index is 0.0776. The second-order valence-electron chi connectivity index (χ2n) is 3.13. The summed E-state index contributed by atoms with van der Waals surface area (Å²) in [6.07, 6.45) is 4.71. The first-order valence-corrected chi connectivity index (χ1v) is 7.49. The van der Waals surface area contributed by atoms with Crippen LogP contribution in [0.25, 0.3) is 0 Å². The summed E-state index contributed by atoms with van der Waals surface area (Å²) in [6.45, 7) is 7.40. The largest absolute Gasteiger partial charge is 0.462 e. The Bertz CT molecular complexity index is 349. The van der Waals surface area contributed by atoms with Crippen molar-refractivity contribution in [2.24, 2.45) is 0 Å². The van der Waals surface area contributed by atoms with Crippen LogP contribution in [0.15, 0.2) is 23.5 Å². The third-order valence-electron chi connectivity index (χ3n) is 1.82. The Morgan fingerprint density at radius 3 is 2.06 bits per heavy atom. The quantitative estimate of drug-likeness (QED) is 0.295. The molecule has 0 heterocycles. The molecule has 0 bridgehead atoms. The van der Waals surface area contributed by atoms with Crippen molar-refractivity contribution in [1.29, 1.82) is 0 Å². The molecule has 0 radical (unpaired) electrons. The molecule has 0 aromatic heterocycles. The molecule has 0 saturated heterocycles. The maximum atomic E-state index is 12.5. The minimum atomic E-state index is -3.61. The zero-order valence-corrected chi connectivity index (χ0v) is 12.2. The Labute approximate surface area is 108 Å². The van der Waals surface area contributed by atoms with Crippen LogP contribution in [0, 0.1) is 0 Å². The lowest BCUT2D eigenvalue weighted by molar-refractivity contribution is -0.137. The topological polar surface area (TPSA) is 61.8 Å². The lowest BCUT2D eigenvalue weighted by Gasteiger charge is -2.18. The van der Waals surface area contributed by atoms with Crippen LogP contribution in [0.2, 0.25) is 0 Å². The first-order chi connectivity index (χ1) is 8.55. The Balaban J connectivity index is 5.36. The highest BCUT2D eigenvalue weighted by atomic mass is 31.2. The van der Waals surface area contributed by atoms with Crippen LogP contribution >= 0.6 is 7.60 Å². The molecule has 0 amide bonds. The second-order valence-corrected chi connectivity index (χ2v) is 5.12. The maximum absolute atomic E-state index is 12.5. The smallest absolute Gasteiger partial charge is 0.368 e. The monoisotopic (exact) mass is 276 g/mol. The summed E-state index contributed by atoms with van der Waals surface area (Å²) in [5.74, 6) is -0.680. The van der Waals surface area contributed by atoms with Crippen LogP contribution in [-0.4, -0.2) is 25.8 Å². The predicted octanol–water partition coefficient (Wildman–Crippen LogP) is 3.28. The van der Waals surface area contributed by atoms with Gasteiger partial charge >= 0.3 is 13.6 Å². The summed E-state index contributed by atoms with van der Waals surface area (Å²) in [6, 6.07) is 0. The third kappa shape index (κ3) is 5.17. The molecule has 0 aliphatic carbocycles. The summed E-state index contributed by atoms with van der Waals surface area (Å²) in [5, 5.41) is -0.0776. The van der Waals surface area contributed by atoms with Gasteiger partial charge in [-0.15, -0.1) is 0 Å². The zero-order chi connectivity index (χ0) is 14.0. The molecule has 0 aromatic carbocycles. The van der Waals surface area contributed by atoms with Gasteiger partial charge in [0.15, 0.2) is 0 Å². The number of allylic oxidation sites excluding steroid dienone is 3. The molecule has 0 saturated carbocycles. The number of ether oxygens (including phenoxy) is 1. The molecular weight excluding hydrogens is 255 g/mol. The molecule has 0 unspecified atom stereocenters. The van der Waals surface area contributed by atoms with Gasteiger partial charge in [-0.05, 0) is 33.8 Å². The normalized spacial score (nSPS) is 13.0. The molecule has 0 atom stereocenters. The molecule has 0 aliphatic rings. The van der Waals surface area contributed by atoms with E-state index in [4.69, 9.17) is 13.8 Å². The second kappa shape index (κ2) is 9.09. The van der Waals surface area contributed by atoms with Gasteiger partial charge in [-0.25, -0.2) is 4.79 Å². The van der Waals surface area contributed by atoms with E-state index in [1.165, 1.54) is 6.08 Å². The molecule has 0 fully saturated rings. The van der Waals surface area contributed by atoms with E-state index in [0.29, 0.717) is 0 Å². The molecular formula is C12H21O5P. The van der Waals surface area contributed by atoms with Crippen molar-refractivity contribution < 1.29 is 23.1 Å². The van der Waals surface area contributed by atoms with E-state index in [1.807, 2.05) is 0 Å². The average Bonchev–Trinajstić information content (AvgIpc) is 2.30. The number of carbonyl (C=O) groups excluding carboxylic acids is 1. The SMILES string of the molecule is C/C=C/C=C(\C(=O)OCC)P(=O)(OCC)OCC. The fraction of sp³-hybridized carbons (Fsp3) is 0.583. The van der Waals surface area contributed by atoms with Crippen LogP contribution in [-0.2, 0) is 23.1 Å². The van der Waals surface area contributed by atoms with Gasteiger partial charge in [-0.3, -0.25) is 4.57 Å². The number of hydrogen-bond donors (Lipinski definition) is 0. The first-order valence-electron chi connectivity index (χ1n) is 5.95. The first kappa shape index (κ1) is 17.1. The van der Waals surface area contributed by atoms with E-state index >= 15 is 0 Å². The molecule has 0 aliphatic heterocycles. The van der Waals surface area contributed by atoms with Crippen molar-refractivity contribution >= 4 is 13.6 Å². The van der Waals surface area contributed by atoms with Gasteiger partial charge in [0.05, 0.1) is 19.8 Å². The summed E-state index contributed by atoms with van der Waals surface area (Å²) in [7, 11) is -3.61. The minimum Gasteiger partial charge on any atom is -0.462 e. The third-order valence-corrected chi connectivity index (χ3v) is 3.94. The van der Waals surface area contributed by atoms with Crippen LogP contribution in [0.1, 0.15) is 27.7 Å².